The summed E-state index contributed by atoms with van der Waals surface area (Å²) in [4.78, 5) is 4.71. The highest BCUT2D eigenvalue weighted by atomic mass is 32.2. The van der Waals surface area contributed by atoms with Gasteiger partial charge in [-0.05, 0) is 36.2 Å². The summed E-state index contributed by atoms with van der Waals surface area (Å²) in [5, 5.41) is 18.7. The average Bonchev–Trinajstić information content (AvgIpc) is 3.36. The van der Waals surface area contributed by atoms with Crippen LogP contribution in [-0.4, -0.2) is 29.9 Å². The Morgan fingerprint density at radius 2 is 1.86 bits per heavy atom. The van der Waals surface area contributed by atoms with Gasteiger partial charge in [0.05, 0.1) is 11.3 Å². The predicted octanol–water partition coefficient (Wildman–Crippen LogP) is 4.42. The van der Waals surface area contributed by atoms with Crippen LogP contribution in [0, 0.1) is 0 Å². The molecule has 0 unspecified atom stereocenters. The lowest BCUT2D eigenvalue weighted by Crippen LogP contribution is -1.96. The Morgan fingerprint density at radius 1 is 1.00 bits per heavy atom. The van der Waals surface area contributed by atoms with E-state index < -0.39 is 0 Å². The van der Waals surface area contributed by atoms with E-state index in [1.807, 2.05) is 37.4 Å². The van der Waals surface area contributed by atoms with Crippen LogP contribution in [0.2, 0.25) is 0 Å². The summed E-state index contributed by atoms with van der Waals surface area (Å²) < 4.78 is 7.81. The topological polar surface area (TPSA) is 82.5 Å². The molecule has 0 bridgehead atoms. The molecule has 0 saturated carbocycles. The van der Waals surface area contributed by atoms with Crippen molar-refractivity contribution in [2.24, 2.45) is 7.05 Å². The first-order valence-corrected chi connectivity index (χ1v) is 10.3. The molecule has 7 nitrogen and oxygen atoms in total. The number of hydrogen-bond acceptors (Lipinski definition) is 7. The number of hydrogen-bond donors (Lipinski definition) is 0. The summed E-state index contributed by atoms with van der Waals surface area (Å²) in [5.74, 6) is 1.52. The van der Waals surface area contributed by atoms with Crippen molar-refractivity contribution in [3.8, 4) is 11.5 Å². The third kappa shape index (κ3) is 3.25. The average molecular weight is 402 g/mol. The molecule has 0 amide bonds. The third-order valence-electron chi connectivity index (χ3n) is 4.86. The van der Waals surface area contributed by atoms with Gasteiger partial charge in [0, 0.05) is 18.0 Å². The first-order chi connectivity index (χ1) is 14.2. The van der Waals surface area contributed by atoms with E-state index in [1.165, 1.54) is 17.3 Å². The van der Waals surface area contributed by atoms with Crippen LogP contribution in [0.25, 0.3) is 33.5 Å². The highest BCUT2D eigenvalue weighted by Crippen LogP contribution is 2.28. The second-order valence-electron chi connectivity index (χ2n) is 6.69. The number of nitrogens with zero attached hydrogens (tertiary/aromatic N) is 6. The zero-order chi connectivity index (χ0) is 19.8. The Bertz CT molecular complexity index is 1310. The molecule has 0 fully saturated rings. The number of rotatable bonds is 5. The largest absolute Gasteiger partial charge is 0.420 e. The maximum Gasteiger partial charge on any atom is 0.247 e. The fraction of sp³-hybridized carbons (Fsp3) is 0.190. The Balaban J connectivity index is 1.41. The smallest absolute Gasteiger partial charge is 0.247 e. The minimum absolute atomic E-state index is 0.483. The highest BCUT2D eigenvalue weighted by molar-refractivity contribution is 7.98. The summed E-state index contributed by atoms with van der Waals surface area (Å²) in [6.07, 6.45) is 0.982. The van der Waals surface area contributed by atoms with E-state index in [-0.39, 0.29) is 0 Å². The summed E-state index contributed by atoms with van der Waals surface area (Å²) in [5.41, 5.74) is 4.92. The van der Waals surface area contributed by atoms with Gasteiger partial charge in [0.2, 0.25) is 16.9 Å². The molecule has 0 spiro atoms. The fourth-order valence-corrected chi connectivity index (χ4v) is 3.93. The maximum absolute atomic E-state index is 5.75. The Hall–Kier alpha value is -3.26. The van der Waals surface area contributed by atoms with E-state index in [4.69, 9.17) is 9.40 Å². The first kappa shape index (κ1) is 17.8. The molecule has 3 aromatic heterocycles. The van der Waals surface area contributed by atoms with Crippen molar-refractivity contribution >= 4 is 33.8 Å². The second-order valence-corrected chi connectivity index (χ2v) is 7.63. The Kier molecular flexibility index (Phi) is 4.48. The lowest BCUT2D eigenvalue weighted by atomic mass is 10.1. The first-order valence-electron chi connectivity index (χ1n) is 9.35. The molecule has 0 atom stereocenters. The van der Waals surface area contributed by atoms with Gasteiger partial charge in [-0.15, -0.1) is 20.4 Å². The van der Waals surface area contributed by atoms with E-state index in [9.17, 15) is 0 Å². The quantitative estimate of drug-likeness (QED) is 0.402. The standard InChI is InChI=1S/C21H18N6OS/c1-3-13-9-10-16-15(11-13)18-19(27(16)2)22-21(26-24-18)29-12-17-23-25-20(28-17)14-7-5-4-6-8-14/h4-11H,3,12H2,1-2H3. The van der Waals surface area contributed by atoms with Crippen molar-refractivity contribution < 1.29 is 4.42 Å². The van der Waals surface area contributed by atoms with Gasteiger partial charge in [-0.25, -0.2) is 4.98 Å². The summed E-state index contributed by atoms with van der Waals surface area (Å²) >= 11 is 1.43. The molecule has 0 N–H and O–H groups in total. The zero-order valence-electron chi connectivity index (χ0n) is 16.0. The van der Waals surface area contributed by atoms with Crippen molar-refractivity contribution in [1.82, 2.24) is 29.9 Å². The molecule has 0 aliphatic heterocycles. The van der Waals surface area contributed by atoms with E-state index in [2.05, 4.69) is 50.1 Å². The molecule has 0 aliphatic rings. The van der Waals surface area contributed by atoms with Gasteiger partial charge in [0.25, 0.3) is 0 Å². The normalized spacial score (nSPS) is 11.5. The maximum atomic E-state index is 5.75. The van der Waals surface area contributed by atoms with Crippen molar-refractivity contribution in [2.75, 3.05) is 0 Å². The van der Waals surface area contributed by atoms with Crippen LogP contribution in [0.5, 0.6) is 0 Å². The second kappa shape index (κ2) is 7.29. The van der Waals surface area contributed by atoms with Gasteiger partial charge in [0.15, 0.2) is 5.65 Å². The molecule has 2 aromatic carbocycles. The molecule has 0 saturated heterocycles. The van der Waals surface area contributed by atoms with Gasteiger partial charge in [-0.2, -0.15) is 0 Å². The van der Waals surface area contributed by atoms with Crippen LogP contribution >= 0.6 is 11.8 Å². The lowest BCUT2D eigenvalue weighted by Gasteiger charge is -1.99. The zero-order valence-corrected chi connectivity index (χ0v) is 16.8. The van der Waals surface area contributed by atoms with Crippen LogP contribution in [0.1, 0.15) is 18.4 Å². The van der Waals surface area contributed by atoms with Crippen molar-refractivity contribution in [2.45, 2.75) is 24.3 Å². The minimum Gasteiger partial charge on any atom is -0.420 e. The van der Waals surface area contributed by atoms with Gasteiger partial charge in [0.1, 0.15) is 5.52 Å². The Labute approximate surface area is 171 Å². The number of benzene rings is 2. The molecule has 29 heavy (non-hydrogen) atoms. The number of aromatic nitrogens is 6. The van der Waals surface area contributed by atoms with E-state index >= 15 is 0 Å². The van der Waals surface area contributed by atoms with Crippen LogP contribution in [0.15, 0.2) is 58.1 Å². The predicted molar refractivity (Wildman–Crippen MR) is 112 cm³/mol. The monoisotopic (exact) mass is 402 g/mol. The number of fused-ring (bicyclic) bond motifs is 3. The molecule has 0 radical (unpaired) electrons. The molecule has 5 aromatic rings. The molecular formula is C21H18N6OS. The van der Waals surface area contributed by atoms with Gasteiger partial charge < -0.3 is 8.98 Å². The van der Waals surface area contributed by atoms with Crippen LogP contribution in [0.4, 0.5) is 0 Å². The van der Waals surface area contributed by atoms with Gasteiger partial charge in [-0.3, -0.25) is 0 Å². The molecular weight excluding hydrogens is 384 g/mol. The summed E-state index contributed by atoms with van der Waals surface area (Å²) in [6, 6.07) is 16.1. The fourth-order valence-electron chi connectivity index (χ4n) is 3.31. The Morgan fingerprint density at radius 3 is 2.69 bits per heavy atom. The molecule has 144 valence electrons. The number of thioether (sulfide) groups is 1. The van der Waals surface area contributed by atoms with E-state index in [1.54, 1.807) is 0 Å². The van der Waals surface area contributed by atoms with Gasteiger partial charge >= 0.3 is 0 Å². The molecule has 3 heterocycles. The highest BCUT2D eigenvalue weighted by Gasteiger charge is 2.14. The van der Waals surface area contributed by atoms with Gasteiger partial charge in [-0.1, -0.05) is 43.0 Å². The molecule has 0 aliphatic carbocycles. The van der Waals surface area contributed by atoms with E-state index in [0.717, 1.165) is 34.1 Å². The number of aryl methyl sites for hydroxylation is 2. The van der Waals surface area contributed by atoms with Crippen LogP contribution < -0.4 is 0 Å². The minimum atomic E-state index is 0.483. The van der Waals surface area contributed by atoms with E-state index in [0.29, 0.717) is 22.7 Å². The lowest BCUT2D eigenvalue weighted by molar-refractivity contribution is 0.528. The summed E-state index contributed by atoms with van der Waals surface area (Å²) in [6.45, 7) is 2.14. The van der Waals surface area contributed by atoms with Crippen molar-refractivity contribution in [3.05, 3.63) is 60.0 Å². The molecule has 5 rings (SSSR count). The molecule has 8 heteroatoms. The van der Waals surface area contributed by atoms with Crippen molar-refractivity contribution in [3.63, 3.8) is 0 Å². The van der Waals surface area contributed by atoms with Crippen LogP contribution in [-0.2, 0) is 19.2 Å². The SMILES string of the molecule is CCc1ccc2c(c1)c1nnc(SCc3nnc(-c4ccccc4)o3)nc1n2C. The third-order valence-corrected chi connectivity index (χ3v) is 5.69. The van der Waals surface area contributed by atoms with Crippen LogP contribution in [0.3, 0.4) is 0 Å². The van der Waals surface area contributed by atoms with Crippen molar-refractivity contribution in [1.29, 1.82) is 0 Å². The summed E-state index contributed by atoms with van der Waals surface area (Å²) in [7, 11) is 2.00.